The first kappa shape index (κ1) is 39.0. The first-order chi connectivity index (χ1) is 25.2. The molecule has 53 heavy (non-hydrogen) atoms. The van der Waals surface area contributed by atoms with E-state index in [1.807, 2.05) is 95.3 Å². The summed E-state index contributed by atoms with van der Waals surface area (Å²) in [6, 6.07) is 19.3. The summed E-state index contributed by atoms with van der Waals surface area (Å²) in [5, 5.41) is 13.9. The Labute approximate surface area is 312 Å². The van der Waals surface area contributed by atoms with Crippen molar-refractivity contribution >= 4 is 35.2 Å². The topological polar surface area (TPSA) is 142 Å². The number of azo groups is 1. The van der Waals surface area contributed by atoms with Crippen LogP contribution >= 0.6 is 0 Å². The minimum absolute atomic E-state index is 0.0442. The number of hydrogen-bond donors (Lipinski definition) is 2. The number of nitrogens with one attached hydrogen (secondary N) is 2. The summed E-state index contributed by atoms with van der Waals surface area (Å²) in [6.07, 6.45) is 3.17. The third-order valence-electron chi connectivity index (χ3n) is 9.87. The lowest BCUT2D eigenvalue weighted by atomic mass is 9.77. The Morgan fingerprint density at radius 1 is 0.887 bits per heavy atom. The maximum absolute atomic E-state index is 13.9. The van der Waals surface area contributed by atoms with Crippen molar-refractivity contribution in [1.82, 2.24) is 10.2 Å². The fraction of sp³-hybridized carbons (Fsp3) is 0.452. The summed E-state index contributed by atoms with van der Waals surface area (Å²) in [6.45, 7) is 10.3. The van der Waals surface area contributed by atoms with Crippen molar-refractivity contribution in [2.75, 3.05) is 32.6 Å². The summed E-state index contributed by atoms with van der Waals surface area (Å²) < 4.78 is 5.37. The number of amidine groups is 1. The van der Waals surface area contributed by atoms with Gasteiger partial charge in [-0.3, -0.25) is 14.4 Å². The van der Waals surface area contributed by atoms with E-state index >= 15 is 0 Å². The van der Waals surface area contributed by atoms with Crippen molar-refractivity contribution in [3.63, 3.8) is 0 Å². The Morgan fingerprint density at radius 3 is 2.15 bits per heavy atom. The first-order valence-electron chi connectivity index (χ1n) is 18.4. The van der Waals surface area contributed by atoms with Crippen molar-refractivity contribution in [1.29, 1.82) is 0 Å². The van der Waals surface area contributed by atoms with Crippen molar-refractivity contribution < 1.29 is 23.9 Å². The summed E-state index contributed by atoms with van der Waals surface area (Å²) in [4.78, 5) is 58.5. The van der Waals surface area contributed by atoms with Crippen molar-refractivity contribution in [3.8, 4) is 11.1 Å². The number of hydrogen-bond acceptors (Lipinski definition) is 8. The van der Waals surface area contributed by atoms with Gasteiger partial charge in [0.05, 0.1) is 0 Å². The van der Waals surface area contributed by atoms with Crippen molar-refractivity contribution in [2.45, 2.75) is 78.7 Å². The maximum Gasteiger partial charge on any atom is 0.407 e. The molecule has 0 spiro atoms. The Morgan fingerprint density at radius 2 is 1.55 bits per heavy atom. The number of carbonyl (C=O) groups excluding carboxylic acids is 4. The molecule has 3 aromatic rings. The number of aryl methyl sites for hydroxylation is 2. The van der Waals surface area contributed by atoms with Crippen LogP contribution in [0.3, 0.4) is 0 Å². The molecule has 0 aromatic heterocycles. The monoisotopic (exact) mass is 720 g/mol. The molecule has 0 radical (unpaired) electrons. The van der Waals surface area contributed by atoms with Crippen LogP contribution in [0.2, 0.25) is 0 Å². The molecule has 11 heteroatoms. The summed E-state index contributed by atoms with van der Waals surface area (Å²) in [7, 11) is 3.50. The molecule has 0 saturated heterocycles. The Kier molecular flexibility index (Phi) is 12.6. The smallest absolute Gasteiger partial charge is 0.407 e. The van der Waals surface area contributed by atoms with Crippen molar-refractivity contribution in [3.05, 3.63) is 88.5 Å². The summed E-state index contributed by atoms with van der Waals surface area (Å²) >= 11 is 0. The number of ketones is 1. The Balaban J connectivity index is 1.28. The minimum atomic E-state index is -0.585. The minimum Gasteiger partial charge on any atom is -0.444 e. The molecule has 5 rings (SSSR count). The van der Waals surface area contributed by atoms with Crippen LogP contribution in [0.4, 0.5) is 10.5 Å². The van der Waals surface area contributed by atoms with Crippen LogP contribution in [-0.2, 0) is 20.7 Å². The highest BCUT2D eigenvalue weighted by Crippen LogP contribution is 2.32. The van der Waals surface area contributed by atoms with Gasteiger partial charge in [-0.25, -0.2) is 9.79 Å². The average molecular weight is 721 g/mol. The highest BCUT2D eigenvalue weighted by molar-refractivity contribution is 6.01. The maximum atomic E-state index is 13.9. The highest BCUT2D eigenvalue weighted by Gasteiger charge is 2.31. The van der Waals surface area contributed by atoms with E-state index in [4.69, 9.17) is 4.74 Å². The van der Waals surface area contributed by atoms with E-state index < -0.39 is 17.6 Å². The number of rotatable bonds is 12. The van der Waals surface area contributed by atoms with Crippen LogP contribution in [0.5, 0.6) is 0 Å². The van der Waals surface area contributed by atoms with Gasteiger partial charge in [-0.1, -0.05) is 30.3 Å². The van der Waals surface area contributed by atoms with Crippen LogP contribution in [0.1, 0.15) is 85.5 Å². The molecule has 1 saturated carbocycles. The van der Waals surface area contributed by atoms with Gasteiger partial charge in [0.1, 0.15) is 11.4 Å². The average Bonchev–Trinajstić information content (AvgIpc) is 3.66. The third-order valence-corrected chi connectivity index (χ3v) is 9.87. The second-order valence-corrected chi connectivity index (χ2v) is 15.5. The molecule has 1 aliphatic heterocycles. The molecule has 2 aliphatic rings. The van der Waals surface area contributed by atoms with Crippen LogP contribution in [-0.4, -0.2) is 67.3 Å². The lowest BCUT2D eigenvalue weighted by Gasteiger charge is -2.29. The van der Waals surface area contributed by atoms with Gasteiger partial charge in [0.25, 0.3) is 5.91 Å². The molecule has 2 N–H and O–H groups in total. The number of Topliss-reactive ketones (excluding diaryl/α,β-unsaturated/α-hetero) is 1. The standard InChI is InChI=1S/C42H52N6O5/c1-26-20-27(2)36(40(51)48(6)7)23-35(26)30-12-8-28(9-13-30)21-33(39(50)46-34-18-16-32(17-19-34)38-44-25-45-47-38)22-37(49)31-14-10-29(11-15-31)24-43-41(52)53-42(3,4)5/h8-9,12-13,16-20,23,29,31,33H,10-11,14-15,21-22,24-25H2,1-7H3,(H,43,52)(H,46,50)/t29?,31?,33-/m1/s1. The van der Waals surface area contributed by atoms with Gasteiger partial charge in [-0.2, -0.15) is 5.11 Å². The van der Waals surface area contributed by atoms with Gasteiger partial charge in [-0.05, 0) is 131 Å². The van der Waals surface area contributed by atoms with E-state index in [0.717, 1.165) is 59.1 Å². The fourth-order valence-electron chi connectivity index (χ4n) is 6.96. The summed E-state index contributed by atoms with van der Waals surface area (Å²) in [5.74, 6) is -0.0484. The molecule has 0 unspecified atom stereocenters. The number of ether oxygens (including phenoxy) is 1. The number of carbonyl (C=O) groups is 4. The van der Waals surface area contributed by atoms with E-state index in [-0.39, 0.29) is 35.9 Å². The largest absolute Gasteiger partial charge is 0.444 e. The van der Waals surface area contributed by atoms with Gasteiger partial charge in [0.2, 0.25) is 5.91 Å². The number of amides is 3. The fourth-order valence-corrected chi connectivity index (χ4v) is 6.96. The van der Waals surface area contributed by atoms with Crippen LogP contribution in [0.25, 0.3) is 11.1 Å². The second-order valence-electron chi connectivity index (χ2n) is 15.5. The van der Waals surface area contributed by atoms with Gasteiger partial charge in [-0.15, -0.1) is 5.11 Å². The number of aliphatic imine (C=N–C) groups is 1. The normalized spacial score (nSPS) is 17.5. The number of alkyl carbamates (subject to hydrolysis) is 1. The highest BCUT2D eigenvalue weighted by atomic mass is 16.6. The number of nitrogens with zero attached hydrogens (tertiary/aromatic N) is 4. The SMILES string of the molecule is Cc1cc(C)c(-c2ccc(C[C@H](CC(=O)C3CCC(CNC(=O)OC(C)(C)C)CC3)C(=O)Nc3ccc(C4=NCN=N4)cc3)cc2)cc1C(=O)N(C)C. The lowest BCUT2D eigenvalue weighted by Crippen LogP contribution is -2.37. The van der Waals surface area contributed by atoms with E-state index in [1.165, 1.54) is 0 Å². The van der Waals surface area contributed by atoms with Crippen LogP contribution in [0, 0.1) is 31.6 Å². The summed E-state index contributed by atoms with van der Waals surface area (Å²) in [5.41, 5.74) is 6.43. The Bertz CT molecular complexity index is 1870. The van der Waals surface area contributed by atoms with E-state index in [9.17, 15) is 19.2 Å². The zero-order valence-electron chi connectivity index (χ0n) is 32.0. The first-order valence-corrected chi connectivity index (χ1v) is 18.4. The van der Waals surface area contributed by atoms with Gasteiger partial charge < -0.3 is 20.3 Å². The second kappa shape index (κ2) is 17.1. The lowest BCUT2D eigenvalue weighted by molar-refractivity contribution is -0.129. The molecular weight excluding hydrogens is 668 g/mol. The molecule has 1 heterocycles. The zero-order valence-corrected chi connectivity index (χ0v) is 32.0. The zero-order chi connectivity index (χ0) is 38.3. The van der Waals surface area contributed by atoms with E-state index in [1.54, 1.807) is 19.0 Å². The molecule has 0 bridgehead atoms. The van der Waals surface area contributed by atoms with Gasteiger partial charge in [0, 0.05) is 55.7 Å². The Hall–Kier alpha value is -5.19. The predicted molar refractivity (Wildman–Crippen MR) is 207 cm³/mol. The quantitative estimate of drug-likeness (QED) is 0.196. The van der Waals surface area contributed by atoms with Crippen LogP contribution < -0.4 is 10.6 Å². The van der Waals surface area contributed by atoms with E-state index in [0.29, 0.717) is 36.7 Å². The number of benzene rings is 3. The predicted octanol–water partition coefficient (Wildman–Crippen LogP) is 7.93. The third kappa shape index (κ3) is 10.7. The molecule has 11 nitrogen and oxygen atoms in total. The van der Waals surface area contributed by atoms with Crippen LogP contribution in [0.15, 0.2) is 75.9 Å². The number of anilines is 1. The van der Waals surface area contributed by atoms with Crippen molar-refractivity contribution in [2.24, 2.45) is 33.0 Å². The molecule has 1 fully saturated rings. The molecule has 1 aliphatic carbocycles. The molecule has 1 atom stereocenters. The van der Waals surface area contributed by atoms with E-state index in [2.05, 4.69) is 25.9 Å². The molecule has 3 aromatic carbocycles. The molecular formula is C42H52N6O5. The van der Waals surface area contributed by atoms with Gasteiger partial charge >= 0.3 is 6.09 Å². The molecule has 3 amide bonds. The molecule has 280 valence electrons. The van der Waals surface area contributed by atoms with Gasteiger partial charge in [0.15, 0.2) is 12.5 Å².